The highest BCUT2D eigenvalue weighted by Crippen LogP contribution is 2.66. The first-order valence-corrected chi connectivity index (χ1v) is 22.7. The van der Waals surface area contributed by atoms with Crippen molar-refractivity contribution < 1.29 is 9.59 Å². The van der Waals surface area contributed by atoms with Gasteiger partial charge >= 0.3 is 0 Å². The number of benzene rings is 3. The molecule has 5 heterocycles. The largest absolute Gasteiger partial charge is 0.357 e. The number of hydrogen-bond donors (Lipinski definition) is 2. The Balaban J connectivity index is 0.958. The van der Waals surface area contributed by atoms with E-state index in [0.29, 0.717) is 25.9 Å². The van der Waals surface area contributed by atoms with Crippen LogP contribution in [0.25, 0.3) is 22.1 Å². The van der Waals surface area contributed by atoms with E-state index in [1.165, 1.54) is 22.4 Å². The van der Waals surface area contributed by atoms with E-state index in [2.05, 4.69) is 96.3 Å². The van der Waals surface area contributed by atoms with Crippen LogP contribution in [-0.2, 0) is 15.0 Å². The zero-order valence-electron chi connectivity index (χ0n) is 34.2. The Morgan fingerprint density at radius 3 is 1.46 bits per heavy atom. The number of carbonyl (C=O) groups excluding carboxylic acids is 2. The standard InChI is InChI=1S/C46H51Cl4N7O2/c1-42(2,3)28-12-14-29(15-13-28)57-34(26-10-16-30-32(22-26)53-38(51-30)36-8-6-20-55(36)40(58)43(4)24-45(43,47)48)18-19-35(57)27-11-17-31-33(23-27)54-39(52-31)37-9-7-21-56(37)41(59)44(5)25-46(44,49)50/h10-17,22-23,34-37H,6-9,18-21,24-25H2,1-5H3,(H,51,53)(H,52,54)/t34-,35-,36+,37+,43?,44?/m1/s1. The number of hydrogen-bond acceptors (Lipinski definition) is 5. The van der Waals surface area contributed by atoms with Crippen molar-refractivity contribution in [1.82, 2.24) is 29.7 Å². The number of rotatable bonds is 7. The lowest BCUT2D eigenvalue weighted by atomic mass is 9.87. The number of halogens is 4. The molecule has 13 heteroatoms. The van der Waals surface area contributed by atoms with Crippen LogP contribution < -0.4 is 4.90 Å². The van der Waals surface area contributed by atoms with E-state index in [1.807, 2.05) is 23.6 Å². The van der Waals surface area contributed by atoms with E-state index in [-0.39, 0.29) is 41.4 Å². The molecule has 2 N–H and O–H groups in total. The molecule has 10 rings (SSSR count). The van der Waals surface area contributed by atoms with E-state index in [1.54, 1.807) is 0 Å². The Morgan fingerprint density at radius 1 is 0.644 bits per heavy atom. The fourth-order valence-corrected chi connectivity index (χ4v) is 11.7. The molecule has 3 aromatic carbocycles. The van der Waals surface area contributed by atoms with Crippen molar-refractivity contribution >= 4 is 86.0 Å². The number of aromatic amines is 2. The van der Waals surface area contributed by atoms with Gasteiger partial charge in [-0.05, 0) is 124 Å². The Morgan fingerprint density at radius 2 is 1.07 bits per heavy atom. The summed E-state index contributed by atoms with van der Waals surface area (Å²) in [5.74, 6) is 1.64. The lowest BCUT2D eigenvalue weighted by Gasteiger charge is -2.34. The number of nitrogens with zero attached hydrogens (tertiary/aromatic N) is 5. The molecule has 2 saturated carbocycles. The van der Waals surface area contributed by atoms with Crippen LogP contribution in [0.2, 0.25) is 0 Å². The average molecular weight is 876 g/mol. The van der Waals surface area contributed by atoms with E-state index < -0.39 is 19.5 Å². The summed E-state index contributed by atoms with van der Waals surface area (Å²) in [5, 5.41) is 0. The van der Waals surface area contributed by atoms with Crippen LogP contribution in [0.3, 0.4) is 0 Å². The lowest BCUT2D eigenvalue weighted by molar-refractivity contribution is -0.138. The summed E-state index contributed by atoms with van der Waals surface area (Å²) in [6.45, 7) is 11.8. The molecule has 310 valence electrons. The molecule has 3 aliphatic heterocycles. The highest BCUT2D eigenvalue weighted by Gasteiger charge is 2.70. The van der Waals surface area contributed by atoms with Gasteiger partial charge in [-0.1, -0.05) is 45.0 Å². The number of imidazole rings is 2. The van der Waals surface area contributed by atoms with Crippen LogP contribution in [0.1, 0.15) is 138 Å². The third kappa shape index (κ3) is 6.38. The fourth-order valence-electron chi connectivity index (χ4n) is 10.3. The smallest absolute Gasteiger partial charge is 0.232 e. The maximum atomic E-state index is 13.7. The lowest BCUT2D eigenvalue weighted by Crippen LogP contribution is -2.38. The Hall–Kier alpha value is -3.50. The van der Waals surface area contributed by atoms with Gasteiger partial charge in [0.2, 0.25) is 11.8 Å². The van der Waals surface area contributed by atoms with E-state index >= 15 is 0 Å². The topological polar surface area (TPSA) is 101 Å². The molecule has 0 spiro atoms. The summed E-state index contributed by atoms with van der Waals surface area (Å²) in [6.07, 6.45) is 6.37. The molecular formula is C46H51Cl4N7O2. The average Bonchev–Trinajstić information content (AvgIpc) is 3.82. The van der Waals surface area contributed by atoms with Crippen LogP contribution in [0, 0.1) is 10.8 Å². The summed E-state index contributed by atoms with van der Waals surface area (Å²) in [6, 6.07) is 22.2. The van der Waals surface area contributed by atoms with Crippen LogP contribution in [0.4, 0.5) is 5.69 Å². The van der Waals surface area contributed by atoms with Gasteiger partial charge < -0.3 is 24.7 Å². The molecule has 2 unspecified atom stereocenters. The SMILES string of the molecule is CC(C)(C)c1ccc(N2[C@@H](c3ccc4nc([C@@H]5CCCN5C(=O)C5(C)CC5(Cl)Cl)[nH]c4c3)CC[C@@H]2c2ccc3nc([C@@H]4CCCN4C(=O)C4(C)CC4(Cl)Cl)[nH]c3c2)cc1. The summed E-state index contributed by atoms with van der Waals surface area (Å²) < 4.78 is -2.02. The highest BCUT2D eigenvalue weighted by atomic mass is 35.5. The molecule has 2 aliphatic carbocycles. The normalized spacial score (nSPS) is 29.9. The maximum Gasteiger partial charge on any atom is 0.232 e. The van der Waals surface area contributed by atoms with Gasteiger partial charge in [0, 0.05) is 18.8 Å². The van der Waals surface area contributed by atoms with E-state index in [4.69, 9.17) is 56.4 Å². The molecule has 3 saturated heterocycles. The molecule has 5 aromatic rings. The molecule has 9 nitrogen and oxygen atoms in total. The highest BCUT2D eigenvalue weighted by molar-refractivity contribution is 6.53. The fraction of sp³-hybridized carbons (Fsp3) is 0.522. The quantitative estimate of drug-likeness (QED) is 0.159. The molecular weight excluding hydrogens is 824 g/mol. The van der Waals surface area contributed by atoms with Gasteiger partial charge in [-0.2, -0.15) is 0 Å². The second kappa shape index (κ2) is 13.5. The first kappa shape index (κ1) is 39.6. The van der Waals surface area contributed by atoms with Crippen LogP contribution in [0.15, 0.2) is 60.7 Å². The van der Waals surface area contributed by atoms with Gasteiger partial charge in [-0.15, -0.1) is 46.4 Å². The molecule has 59 heavy (non-hydrogen) atoms. The number of likely N-dealkylation sites (tertiary alicyclic amines) is 2. The molecule has 0 radical (unpaired) electrons. The predicted octanol–water partition coefficient (Wildman–Crippen LogP) is 11.3. The van der Waals surface area contributed by atoms with Crippen molar-refractivity contribution in [2.24, 2.45) is 10.8 Å². The van der Waals surface area contributed by atoms with Crippen molar-refractivity contribution in [3.8, 4) is 0 Å². The number of H-pyrrole nitrogens is 2. The third-order valence-corrected chi connectivity index (χ3v) is 16.6. The molecule has 6 atom stereocenters. The predicted molar refractivity (Wildman–Crippen MR) is 236 cm³/mol. The van der Waals surface area contributed by atoms with Crippen molar-refractivity contribution in [3.05, 3.63) is 89.0 Å². The van der Waals surface area contributed by atoms with Crippen LogP contribution in [-0.4, -0.2) is 63.3 Å². The number of aromatic nitrogens is 4. The van der Waals surface area contributed by atoms with Gasteiger partial charge in [-0.25, -0.2) is 9.97 Å². The van der Waals surface area contributed by atoms with Crippen LogP contribution in [0.5, 0.6) is 0 Å². The van der Waals surface area contributed by atoms with Gasteiger partial charge in [0.05, 0.1) is 57.1 Å². The second-order valence-electron chi connectivity index (χ2n) is 19.4. The van der Waals surface area contributed by atoms with Gasteiger partial charge in [-0.3, -0.25) is 9.59 Å². The summed E-state index contributed by atoms with van der Waals surface area (Å²) in [7, 11) is 0. The number of anilines is 1. The third-order valence-electron chi connectivity index (χ3n) is 14.4. The summed E-state index contributed by atoms with van der Waals surface area (Å²) in [5.41, 5.74) is 7.13. The van der Waals surface area contributed by atoms with Crippen molar-refractivity contribution in [2.45, 2.75) is 124 Å². The van der Waals surface area contributed by atoms with Gasteiger partial charge in [0.1, 0.15) is 20.3 Å². The maximum absolute atomic E-state index is 13.7. The molecule has 0 bridgehead atoms. The van der Waals surface area contributed by atoms with E-state index in [0.717, 1.165) is 72.2 Å². The minimum atomic E-state index is -1.01. The monoisotopic (exact) mass is 873 g/mol. The second-order valence-corrected chi connectivity index (χ2v) is 22.3. The number of amides is 2. The Kier molecular flexibility index (Phi) is 9.07. The first-order valence-electron chi connectivity index (χ1n) is 21.1. The number of alkyl halides is 4. The first-order chi connectivity index (χ1) is 27.9. The molecule has 5 aliphatic rings. The van der Waals surface area contributed by atoms with Crippen molar-refractivity contribution in [3.63, 3.8) is 0 Å². The number of fused-ring (bicyclic) bond motifs is 2. The minimum absolute atomic E-state index is 0.00843. The summed E-state index contributed by atoms with van der Waals surface area (Å²) in [4.78, 5) is 51.1. The Labute approximate surface area is 365 Å². The summed E-state index contributed by atoms with van der Waals surface area (Å²) >= 11 is 25.8. The van der Waals surface area contributed by atoms with Crippen LogP contribution >= 0.6 is 46.4 Å². The zero-order valence-corrected chi connectivity index (χ0v) is 37.2. The number of carbonyl (C=O) groups is 2. The molecule has 2 aromatic heterocycles. The van der Waals surface area contributed by atoms with E-state index in [9.17, 15) is 9.59 Å². The van der Waals surface area contributed by atoms with Crippen molar-refractivity contribution in [2.75, 3.05) is 18.0 Å². The molecule has 2 amide bonds. The number of nitrogens with one attached hydrogen (secondary N) is 2. The molecule has 5 fully saturated rings. The Bertz CT molecular complexity index is 2360. The van der Waals surface area contributed by atoms with Gasteiger partial charge in [0.25, 0.3) is 0 Å². The zero-order chi connectivity index (χ0) is 41.4. The van der Waals surface area contributed by atoms with Gasteiger partial charge in [0.15, 0.2) is 0 Å². The van der Waals surface area contributed by atoms with Crippen molar-refractivity contribution in [1.29, 1.82) is 0 Å². The minimum Gasteiger partial charge on any atom is -0.357 e.